The summed E-state index contributed by atoms with van der Waals surface area (Å²) < 4.78 is 17.9. The number of esters is 1. The maximum Gasteiger partial charge on any atom is 0.328 e. The molecule has 1 fully saturated rings. The molecule has 0 saturated heterocycles. The van der Waals surface area contributed by atoms with Gasteiger partial charge in [-0.05, 0) is 54.8 Å². The molecule has 2 aromatic carbocycles. The van der Waals surface area contributed by atoms with E-state index in [1.54, 1.807) is 48.9 Å². The normalized spacial score (nSPS) is 14.5. The maximum absolute atomic E-state index is 13.3. The second kappa shape index (κ2) is 11.9. The van der Waals surface area contributed by atoms with Gasteiger partial charge in [0.1, 0.15) is 29.9 Å². The maximum atomic E-state index is 13.3. The first-order valence-corrected chi connectivity index (χ1v) is 13.1. The number of nitrogens with zero attached hydrogens (tertiary/aromatic N) is 3. The summed E-state index contributed by atoms with van der Waals surface area (Å²) >= 11 is 0. The zero-order chi connectivity index (χ0) is 27.2. The van der Waals surface area contributed by atoms with Crippen molar-refractivity contribution in [3.63, 3.8) is 0 Å². The molecule has 9 heteroatoms. The van der Waals surface area contributed by atoms with E-state index in [0.29, 0.717) is 22.9 Å². The van der Waals surface area contributed by atoms with Crippen LogP contribution in [0.2, 0.25) is 0 Å². The number of carbonyl (C=O) groups excluding carboxylic acids is 2. The largest absolute Gasteiger partial charge is 0.479 e. The van der Waals surface area contributed by atoms with Crippen molar-refractivity contribution in [2.75, 3.05) is 13.7 Å². The smallest absolute Gasteiger partial charge is 0.328 e. The fourth-order valence-corrected chi connectivity index (χ4v) is 5.19. The molecular formula is C30H30N4O5. The topological polar surface area (TPSA) is 119 Å². The zero-order valence-corrected chi connectivity index (χ0v) is 21.8. The molecule has 0 aliphatic heterocycles. The van der Waals surface area contributed by atoms with E-state index in [1.165, 1.54) is 26.4 Å². The Kier molecular flexibility index (Phi) is 7.92. The molecule has 2 aromatic heterocycles. The lowest BCUT2D eigenvalue weighted by molar-refractivity contribution is -0.142. The summed E-state index contributed by atoms with van der Waals surface area (Å²) in [5.74, 6) is 0.448. The Labute approximate surface area is 226 Å². The lowest BCUT2D eigenvalue weighted by Gasteiger charge is -2.25. The quantitative estimate of drug-likeness (QED) is 0.297. The Balaban J connectivity index is 1.39. The number of hydrogen-bond acceptors (Lipinski definition) is 7. The molecule has 1 aliphatic carbocycles. The van der Waals surface area contributed by atoms with E-state index in [4.69, 9.17) is 24.1 Å². The number of imidazole rings is 1. The van der Waals surface area contributed by atoms with Crippen LogP contribution in [0.5, 0.6) is 5.75 Å². The van der Waals surface area contributed by atoms with E-state index < -0.39 is 17.9 Å². The van der Waals surface area contributed by atoms with Gasteiger partial charge < -0.3 is 23.8 Å². The van der Waals surface area contributed by atoms with Crippen molar-refractivity contribution in [2.24, 2.45) is 0 Å². The Morgan fingerprint density at radius 2 is 1.95 bits per heavy atom. The second-order valence-electron chi connectivity index (χ2n) is 9.66. The second-order valence-corrected chi connectivity index (χ2v) is 9.66. The molecule has 0 radical (unpaired) electrons. The highest BCUT2D eigenvalue weighted by atomic mass is 16.5. The number of nitriles is 1. The van der Waals surface area contributed by atoms with Crippen LogP contribution in [-0.2, 0) is 16.0 Å². The molecule has 1 aliphatic rings. The summed E-state index contributed by atoms with van der Waals surface area (Å²) in [7, 11) is 1.29. The van der Waals surface area contributed by atoms with Gasteiger partial charge in [-0.3, -0.25) is 4.79 Å². The van der Waals surface area contributed by atoms with Gasteiger partial charge in [0.25, 0.3) is 5.91 Å². The molecule has 9 nitrogen and oxygen atoms in total. The van der Waals surface area contributed by atoms with Crippen LogP contribution in [-0.4, -0.2) is 41.2 Å². The Morgan fingerprint density at radius 1 is 1.15 bits per heavy atom. The first-order chi connectivity index (χ1) is 19.1. The number of rotatable bonds is 9. The van der Waals surface area contributed by atoms with Crippen LogP contribution in [0.1, 0.15) is 54.1 Å². The fourth-order valence-electron chi connectivity index (χ4n) is 5.19. The summed E-state index contributed by atoms with van der Waals surface area (Å²) in [6.07, 6.45) is 9.35. The third-order valence-electron chi connectivity index (χ3n) is 7.13. The highest BCUT2D eigenvalue weighted by Gasteiger charge is 2.25. The number of ether oxygens (including phenoxy) is 2. The Morgan fingerprint density at radius 3 is 2.64 bits per heavy atom. The van der Waals surface area contributed by atoms with Crippen molar-refractivity contribution in [3.8, 4) is 23.2 Å². The van der Waals surface area contributed by atoms with Gasteiger partial charge in [0, 0.05) is 18.0 Å². The van der Waals surface area contributed by atoms with Crippen LogP contribution in [0.4, 0.5) is 0 Å². The minimum atomic E-state index is -0.884. The van der Waals surface area contributed by atoms with Crippen LogP contribution in [0.15, 0.2) is 65.5 Å². The van der Waals surface area contributed by atoms with Crippen molar-refractivity contribution in [2.45, 2.75) is 50.6 Å². The lowest BCUT2D eigenvalue weighted by Crippen LogP contribution is -2.43. The number of amides is 1. The van der Waals surface area contributed by atoms with E-state index in [1.807, 2.05) is 18.2 Å². The number of aromatic nitrogens is 2. The molecule has 39 heavy (non-hydrogen) atoms. The minimum Gasteiger partial charge on any atom is -0.479 e. The third kappa shape index (κ3) is 5.80. The van der Waals surface area contributed by atoms with Crippen molar-refractivity contribution in [3.05, 3.63) is 72.2 Å². The predicted molar refractivity (Wildman–Crippen MR) is 144 cm³/mol. The number of nitrogens with one attached hydrogen (secondary N) is 1. The van der Waals surface area contributed by atoms with Gasteiger partial charge >= 0.3 is 5.97 Å². The number of furan rings is 1. The van der Waals surface area contributed by atoms with Crippen molar-refractivity contribution >= 4 is 22.9 Å². The molecule has 0 spiro atoms. The fraction of sp³-hybridized carbons (Fsp3) is 0.333. The van der Waals surface area contributed by atoms with Crippen molar-refractivity contribution < 1.29 is 23.5 Å². The monoisotopic (exact) mass is 526 g/mol. The minimum absolute atomic E-state index is 0.0486. The number of hydrogen-bond donors (Lipinski definition) is 1. The van der Waals surface area contributed by atoms with E-state index >= 15 is 0 Å². The van der Waals surface area contributed by atoms with Gasteiger partial charge in [0.05, 0.1) is 30.0 Å². The van der Waals surface area contributed by atoms with Gasteiger partial charge in [-0.15, -0.1) is 0 Å². The van der Waals surface area contributed by atoms with Gasteiger partial charge in [0.15, 0.2) is 6.61 Å². The lowest BCUT2D eigenvalue weighted by atomic mass is 9.95. The number of fused-ring (bicyclic) bond motifs is 1. The van der Waals surface area contributed by atoms with Crippen molar-refractivity contribution in [1.29, 1.82) is 5.26 Å². The average molecular weight is 527 g/mol. The van der Waals surface area contributed by atoms with Crippen LogP contribution in [0.3, 0.4) is 0 Å². The Hall–Kier alpha value is -4.58. The first-order valence-electron chi connectivity index (χ1n) is 13.1. The van der Waals surface area contributed by atoms with Crippen LogP contribution < -0.4 is 10.1 Å². The standard InChI is InChI=1S/C30H30N4O5/c1-37-30(36)26(17-20-7-10-24(11-8-20)39-16-14-31)33-29(35)21-9-12-27-25(18-21)32-28(22-13-15-38-19-22)34(27)23-5-3-2-4-6-23/h7-13,15,18-19,23,26H,2-6,16-17H2,1H3,(H,33,35)/t26-/m0/s1. The highest BCUT2D eigenvalue weighted by Crippen LogP contribution is 2.36. The van der Waals surface area contributed by atoms with E-state index in [9.17, 15) is 9.59 Å². The SMILES string of the molecule is COC(=O)[C@H](Cc1ccc(OCC#N)cc1)NC(=O)c1ccc2c(c1)nc(-c1ccoc1)n2C1CCCCC1. The number of benzene rings is 2. The molecule has 1 atom stereocenters. The number of methoxy groups -OCH3 is 1. The Bertz CT molecular complexity index is 1480. The highest BCUT2D eigenvalue weighted by molar-refractivity contribution is 5.99. The molecule has 2 heterocycles. The van der Waals surface area contributed by atoms with Crippen LogP contribution in [0, 0.1) is 11.3 Å². The molecule has 1 saturated carbocycles. The molecule has 200 valence electrons. The van der Waals surface area contributed by atoms with E-state index in [2.05, 4.69) is 9.88 Å². The van der Waals surface area contributed by atoms with E-state index in [-0.39, 0.29) is 13.0 Å². The molecule has 1 N–H and O–H groups in total. The zero-order valence-electron chi connectivity index (χ0n) is 21.8. The molecule has 1 amide bonds. The van der Waals surface area contributed by atoms with Crippen molar-refractivity contribution in [1.82, 2.24) is 14.9 Å². The van der Waals surface area contributed by atoms with Crippen LogP contribution >= 0.6 is 0 Å². The molecular weight excluding hydrogens is 496 g/mol. The van der Waals surface area contributed by atoms with Gasteiger partial charge in [-0.25, -0.2) is 9.78 Å². The van der Waals surface area contributed by atoms with Gasteiger partial charge in [-0.2, -0.15) is 5.26 Å². The number of carbonyl (C=O) groups is 2. The van der Waals surface area contributed by atoms with Gasteiger partial charge in [0.2, 0.25) is 0 Å². The predicted octanol–water partition coefficient (Wildman–Crippen LogP) is 5.22. The molecule has 0 unspecified atom stereocenters. The molecule has 4 aromatic rings. The van der Waals surface area contributed by atoms with Gasteiger partial charge in [-0.1, -0.05) is 31.4 Å². The summed E-state index contributed by atoms with van der Waals surface area (Å²) in [6.45, 7) is -0.0486. The summed E-state index contributed by atoms with van der Waals surface area (Å²) in [5, 5.41) is 11.5. The summed E-state index contributed by atoms with van der Waals surface area (Å²) in [6, 6.07) is 15.8. The van der Waals surface area contributed by atoms with E-state index in [0.717, 1.165) is 35.3 Å². The molecule has 5 rings (SSSR count). The summed E-state index contributed by atoms with van der Waals surface area (Å²) in [4.78, 5) is 30.7. The summed E-state index contributed by atoms with van der Waals surface area (Å²) in [5.41, 5.74) is 3.80. The molecule has 0 bridgehead atoms. The average Bonchev–Trinajstić information content (AvgIpc) is 3.64. The third-order valence-corrected chi connectivity index (χ3v) is 7.13. The van der Waals surface area contributed by atoms with Crippen LogP contribution in [0.25, 0.3) is 22.4 Å². The first kappa shape index (κ1) is 26.0.